The zero-order chi connectivity index (χ0) is 25.7. The third-order valence-corrected chi connectivity index (χ3v) is 5.31. The van der Waals surface area contributed by atoms with Gasteiger partial charge in [-0.15, -0.1) is 0 Å². The van der Waals surface area contributed by atoms with Crippen LogP contribution in [-0.4, -0.2) is 82.1 Å². The first-order chi connectivity index (χ1) is 16.1. The number of hydrogen-bond donors (Lipinski definition) is 9. The fraction of sp³-hybridized carbons (Fsp3) is 0.524. The van der Waals surface area contributed by atoms with E-state index in [1.54, 1.807) is 12.1 Å². The molecule has 0 saturated heterocycles. The molecule has 0 spiro atoms. The molecule has 4 atom stereocenters. The number of nitrogens with two attached hydrogens (primary N) is 2. The zero-order valence-corrected chi connectivity index (χ0v) is 19.5. The minimum Gasteiger partial charge on any atom is -0.508 e. The Balaban J connectivity index is 3.07. The number of aliphatic hydroxyl groups is 1. The molecule has 13 heteroatoms. The molecule has 1 rings (SSSR count). The van der Waals surface area contributed by atoms with Crippen LogP contribution in [0.25, 0.3) is 0 Å². The zero-order valence-electron chi connectivity index (χ0n) is 18.6. The lowest BCUT2D eigenvalue weighted by atomic mass is 10.0. The van der Waals surface area contributed by atoms with Crippen molar-refractivity contribution in [2.75, 3.05) is 18.9 Å². The van der Waals surface area contributed by atoms with E-state index in [9.17, 15) is 29.4 Å². The van der Waals surface area contributed by atoms with Gasteiger partial charge in [0, 0.05) is 12.2 Å². The van der Waals surface area contributed by atoms with Crippen molar-refractivity contribution in [3.05, 3.63) is 29.8 Å². The van der Waals surface area contributed by atoms with Crippen LogP contribution >= 0.6 is 12.6 Å². The first kappa shape index (κ1) is 29.2. The van der Waals surface area contributed by atoms with Gasteiger partial charge in [-0.05, 0) is 43.5 Å². The van der Waals surface area contributed by atoms with Gasteiger partial charge in [0.05, 0.1) is 12.6 Å². The summed E-state index contributed by atoms with van der Waals surface area (Å²) < 4.78 is 0. The quantitative estimate of drug-likeness (QED) is 0.0948. The molecule has 0 heterocycles. The summed E-state index contributed by atoms with van der Waals surface area (Å²) in [4.78, 5) is 49.2. The number of carbonyl (C=O) groups is 4. The molecule has 0 saturated carbocycles. The molecule has 34 heavy (non-hydrogen) atoms. The molecule has 0 aliphatic carbocycles. The van der Waals surface area contributed by atoms with E-state index in [2.05, 4.69) is 28.6 Å². The standard InChI is InChI=1S/C21H33N5O7S/c22-8-2-1-3-15(19(30)26-17(10-27)21(32)33)24-20(31)16(25-18(29)14(23)11-34)9-12-4-6-13(28)7-5-12/h4-7,14-17,27-28,34H,1-3,8-11,22-23H2,(H,24,31)(H,25,29)(H,26,30)(H,32,33). The van der Waals surface area contributed by atoms with Crippen LogP contribution in [0.3, 0.4) is 0 Å². The number of carboxylic acids is 1. The number of aliphatic hydroxyl groups excluding tert-OH is 1. The van der Waals surface area contributed by atoms with Crippen molar-refractivity contribution in [3.63, 3.8) is 0 Å². The molecule has 3 amide bonds. The largest absolute Gasteiger partial charge is 0.508 e. The Kier molecular flexibility index (Phi) is 13.0. The lowest BCUT2D eigenvalue weighted by Crippen LogP contribution is -2.58. The Hall–Kier alpha value is -2.87. The summed E-state index contributed by atoms with van der Waals surface area (Å²) in [6, 6.07) is 1.23. The van der Waals surface area contributed by atoms with E-state index in [1.165, 1.54) is 12.1 Å². The Morgan fingerprint density at radius 2 is 1.47 bits per heavy atom. The molecule has 0 aliphatic heterocycles. The molecule has 0 aliphatic rings. The summed E-state index contributed by atoms with van der Waals surface area (Å²) in [6.07, 6.45) is 1.21. The first-order valence-electron chi connectivity index (χ1n) is 10.7. The summed E-state index contributed by atoms with van der Waals surface area (Å²) in [5, 5.41) is 35.0. The molecule has 12 nitrogen and oxygen atoms in total. The van der Waals surface area contributed by atoms with Gasteiger partial charge >= 0.3 is 5.97 Å². The maximum atomic E-state index is 13.1. The van der Waals surface area contributed by atoms with Crippen molar-refractivity contribution in [1.29, 1.82) is 0 Å². The second kappa shape index (κ2) is 15.1. The maximum absolute atomic E-state index is 13.1. The van der Waals surface area contributed by atoms with Gasteiger partial charge in [-0.2, -0.15) is 12.6 Å². The summed E-state index contributed by atoms with van der Waals surface area (Å²) >= 11 is 3.98. The number of rotatable bonds is 15. The highest BCUT2D eigenvalue weighted by Crippen LogP contribution is 2.12. The number of carbonyl (C=O) groups excluding carboxylic acids is 3. The third-order valence-electron chi connectivity index (χ3n) is 4.92. The SMILES string of the molecule is NCCCCC(NC(=O)C(Cc1ccc(O)cc1)NC(=O)C(N)CS)C(=O)NC(CO)C(=O)O. The number of benzene rings is 1. The first-order valence-corrected chi connectivity index (χ1v) is 11.3. The third kappa shape index (κ3) is 9.95. The highest BCUT2D eigenvalue weighted by atomic mass is 32.1. The molecule has 0 bridgehead atoms. The highest BCUT2D eigenvalue weighted by Gasteiger charge is 2.30. The number of phenols is 1. The number of carboxylic acid groups (broad SMARTS) is 1. The summed E-state index contributed by atoms with van der Waals surface area (Å²) in [7, 11) is 0. The molecule has 10 N–H and O–H groups in total. The fourth-order valence-corrected chi connectivity index (χ4v) is 3.10. The second-order valence-electron chi connectivity index (χ2n) is 7.65. The Morgan fingerprint density at radius 3 is 2.00 bits per heavy atom. The van der Waals surface area contributed by atoms with Crippen LogP contribution in [0.1, 0.15) is 24.8 Å². The van der Waals surface area contributed by atoms with Gasteiger partial charge in [0.15, 0.2) is 0 Å². The van der Waals surface area contributed by atoms with Crippen LogP contribution in [0.5, 0.6) is 5.75 Å². The average molecular weight is 500 g/mol. The second-order valence-corrected chi connectivity index (χ2v) is 8.01. The molecule has 0 fully saturated rings. The molecule has 190 valence electrons. The number of unbranched alkanes of at least 4 members (excludes halogenated alkanes) is 1. The number of amides is 3. The van der Waals surface area contributed by atoms with Gasteiger partial charge in [-0.3, -0.25) is 14.4 Å². The van der Waals surface area contributed by atoms with Gasteiger partial charge in [0.25, 0.3) is 0 Å². The Morgan fingerprint density at radius 1 is 0.912 bits per heavy atom. The van der Waals surface area contributed by atoms with Crippen molar-refractivity contribution in [1.82, 2.24) is 16.0 Å². The molecule has 0 aromatic heterocycles. The number of phenolic OH excluding ortho intramolecular Hbond substituents is 1. The van der Waals surface area contributed by atoms with Gasteiger partial charge in [-0.25, -0.2) is 4.79 Å². The number of hydrogen-bond acceptors (Lipinski definition) is 9. The summed E-state index contributed by atoms with van der Waals surface area (Å²) in [5.74, 6) is -3.48. The van der Waals surface area contributed by atoms with Crippen LogP contribution in [-0.2, 0) is 25.6 Å². The lowest BCUT2D eigenvalue weighted by molar-refractivity contribution is -0.143. The van der Waals surface area contributed by atoms with E-state index in [-0.39, 0.29) is 24.3 Å². The predicted molar refractivity (Wildman–Crippen MR) is 127 cm³/mol. The van der Waals surface area contributed by atoms with Crippen LogP contribution in [0.15, 0.2) is 24.3 Å². The van der Waals surface area contributed by atoms with Gasteiger partial charge in [0.1, 0.15) is 23.9 Å². The molecule has 4 unspecified atom stereocenters. The van der Waals surface area contributed by atoms with Crippen molar-refractivity contribution >= 4 is 36.3 Å². The van der Waals surface area contributed by atoms with E-state index in [4.69, 9.17) is 16.6 Å². The fourth-order valence-electron chi connectivity index (χ4n) is 2.93. The number of aromatic hydroxyl groups is 1. The summed E-state index contributed by atoms with van der Waals surface area (Å²) in [6.45, 7) is -0.469. The smallest absolute Gasteiger partial charge is 0.328 e. The molecule has 0 radical (unpaired) electrons. The van der Waals surface area contributed by atoms with Crippen molar-refractivity contribution in [2.45, 2.75) is 49.9 Å². The predicted octanol–water partition coefficient (Wildman–Crippen LogP) is -2.15. The molecular weight excluding hydrogens is 466 g/mol. The summed E-state index contributed by atoms with van der Waals surface area (Å²) in [5.41, 5.74) is 11.8. The molecule has 1 aromatic rings. The highest BCUT2D eigenvalue weighted by molar-refractivity contribution is 7.80. The normalized spacial score (nSPS) is 14.4. The Bertz CT molecular complexity index is 824. The van der Waals surface area contributed by atoms with Crippen molar-refractivity contribution < 1.29 is 34.5 Å². The van der Waals surface area contributed by atoms with Crippen LogP contribution in [0.4, 0.5) is 0 Å². The minimum absolute atomic E-state index is 0.0272. The topological polar surface area (TPSA) is 217 Å². The van der Waals surface area contributed by atoms with Gasteiger partial charge < -0.3 is 42.7 Å². The molecular formula is C21H33N5O7S. The van der Waals surface area contributed by atoms with E-state index >= 15 is 0 Å². The maximum Gasteiger partial charge on any atom is 0.328 e. The van der Waals surface area contributed by atoms with E-state index in [0.717, 1.165) is 0 Å². The van der Waals surface area contributed by atoms with E-state index in [0.29, 0.717) is 24.9 Å². The minimum atomic E-state index is -1.54. The van der Waals surface area contributed by atoms with Crippen molar-refractivity contribution in [2.24, 2.45) is 11.5 Å². The monoisotopic (exact) mass is 499 g/mol. The van der Waals surface area contributed by atoms with Gasteiger partial charge in [0.2, 0.25) is 17.7 Å². The molecule has 1 aromatic carbocycles. The van der Waals surface area contributed by atoms with E-state index in [1.807, 2.05) is 0 Å². The average Bonchev–Trinajstić information content (AvgIpc) is 2.81. The van der Waals surface area contributed by atoms with Crippen LogP contribution in [0, 0.1) is 0 Å². The van der Waals surface area contributed by atoms with Crippen LogP contribution < -0.4 is 27.4 Å². The van der Waals surface area contributed by atoms with Gasteiger partial charge in [-0.1, -0.05) is 12.1 Å². The number of nitrogens with one attached hydrogen (secondary N) is 3. The lowest BCUT2D eigenvalue weighted by Gasteiger charge is -2.25. The Labute approximate surface area is 202 Å². The number of thiol groups is 1. The van der Waals surface area contributed by atoms with Crippen LogP contribution in [0.2, 0.25) is 0 Å². The van der Waals surface area contributed by atoms with Crippen molar-refractivity contribution in [3.8, 4) is 5.75 Å². The van der Waals surface area contributed by atoms with E-state index < -0.39 is 54.5 Å². The number of aliphatic carboxylic acids is 1.